The minimum Gasteiger partial charge on any atom is -0.328 e. The summed E-state index contributed by atoms with van der Waals surface area (Å²) < 4.78 is 0. The van der Waals surface area contributed by atoms with Crippen LogP contribution in [0.5, 0.6) is 0 Å². The monoisotopic (exact) mass is 268 g/mol. The highest BCUT2D eigenvalue weighted by molar-refractivity contribution is 5.85. The number of hydrogen-bond acceptors (Lipinski definition) is 2. The molecule has 20 heavy (non-hydrogen) atoms. The molecule has 1 aliphatic heterocycles. The summed E-state index contributed by atoms with van der Waals surface area (Å²) in [4.78, 5) is 2.57. The molecule has 1 heterocycles. The second-order valence-electron chi connectivity index (χ2n) is 6.13. The minimum atomic E-state index is 0.310. The molecular weight excluding hydrogens is 244 g/mol. The Hall–Kier alpha value is -1.38. The van der Waals surface area contributed by atoms with Crippen molar-refractivity contribution in [2.24, 2.45) is 11.7 Å². The minimum absolute atomic E-state index is 0.310. The second-order valence-corrected chi connectivity index (χ2v) is 6.13. The van der Waals surface area contributed by atoms with E-state index in [1.807, 2.05) is 0 Å². The van der Waals surface area contributed by atoms with Gasteiger partial charge in [-0.05, 0) is 48.6 Å². The Morgan fingerprint density at radius 2 is 2.00 bits per heavy atom. The smallest absolute Gasteiger partial charge is 0.0240 e. The van der Waals surface area contributed by atoms with Crippen molar-refractivity contribution in [1.29, 1.82) is 0 Å². The van der Waals surface area contributed by atoms with Crippen molar-refractivity contribution in [1.82, 2.24) is 4.90 Å². The lowest BCUT2D eigenvalue weighted by molar-refractivity contribution is 0.155. The normalized spacial score (nSPS) is 22.0. The molecule has 0 spiro atoms. The first kappa shape index (κ1) is 13.6. The quantitative estimate of drug-likeness (QED) is 0.924. The topological polar surface area (TPSA) is 29.3 Å². The molecule has 2 unspecified atom stereocenters. The predicted molar refractivity (Wildman–Crippen MR) is 85.6 cm³/mol. The molecule has 1 saturated heterocycles. The highest BCUT2D eigenvalue weighted by atomic mass is 15.1. The van der Waals surface area contributed by atoms with Gasteiger partial charge in [-0.2, -0.15) is 0 Å². The van der Waals surface area contributed by atoms with E-state index >= 15 is 0 Å². The Balaban J connectivity index is 1.79. The lowest BCUT2D eigenvalue weighted by Gasteiger charge is -2.34. The van der Waals surface area contributed by atoms with Crippen LogP contribution in [0.25, 0.3) is 10.8 Å². The van der Waals surface area contributed by atoms with E-state index < -0.39 is 0 Å². The molecule has 1 fully saturated rings. The van der Waals surface area contributed by atoms with Gasteiger partial charge in [-0.25, -0.2) is 0 Å². The molecule has 2 aromatic rings. The molecule has 0 amide bonds. The molecule has 1 aliphatic rings. The Labute approximate surface area is 121 Å². The number of nitrogens with zero attached hydrogens (tertiary/aromatic N) is 1. The lowest BCUT2D eigenvalue weighted by atomic mass is 9.91. The summed E-state index contributed by atoms with van der Waals surface area (Å²) in [6.45, 7) is 5.53. The number of benzene rings is 2. The molecule has 2 nitrogen and oxygen atoms in total. The molecule has 0 aromatic heterocycles. The highest BCUT2D eigenvalue weighted by Gasteiger charge is 2.22. The first-order valence-corrected chi connectivity index (χ1v) is 7.68. The average molecular weight is 268 g/mol. The molecule has 0 bridgehead atoms. The third-order valence-corrected chi connectivity index (χ3v) is 4.56. The van der Waals surface area contributed by atoms with E-state index in [9.17, 15) is 0 Å². The maximum absolute atomic E-state index is 6.09. The van der Waals surface area contributed by atoms with Gasteiger partial charge < -0.3 is 5.73 Å². The molecule has 2 N–H and O–H groups in total. The van der Waals surface area contributed by atoms with E-state index in [1.54, 1.807) is 0 Å². The summed E-state index contributed by atoms with van der Waals surface area (Å²) in [5, 5.41) is 2.73. The van der Waals surface area contributed by atoms with Crippen molar-refractivity contribution in [3.05, 3.63) is 48.0 Å². The van der Waals surface area contributed by atoms with Gasteiger partial charge in [0.2, 0.25) is 0 Å². The zero-order valence-corrected chi connectivity index (χ0v) is 12.3. The number of fused-ring (bicyclic) bond motifs is 1. The molecule has 0 aliphatic carbocycles. The highest BCUT2D eigenvalue weighted by Crippen LogP contribution is 2.24. The number of hydrogen-bond donors (Lipinski definition) is 1. The van der Waals surface area contributed by atoms with Crippen LogP contribution in [0.15, 0.2) is 42.5 Å². The molecule has 2 heteroatoms. The largest absolute Gasteiger partial charge is 0.328 e. The van der Waals surface area contributed by atoms with Gasteiger partial charge in [-0.1, -0.05) is 42.5 Å². The van der Waals surface area contributed by atoms with E-state index in [1.165, 1.54) is 35.7 Å². The summed E-state index contributed by atoms with van der Waals surface area (Å²) in [5.74, 6) is 0.652. The third-order valence-electron chi connectivity index (χ3n) is 4.56. The second kappa shape index (κ2) is 5.94. The van der Waals surface area contributed by atoms with Gasteiger partial charge in [-0.3, -0.25) is 4.90 Å². The maximum atomic E-state index is 6.09. The number of nitrogens with two attached hydrogens (primary N) is 1. The molecular formula is C18H24N2. The zero-order chi connectivity index (χ0) is 13.9. The van der Waals surface area contributed by atoms with Gasteiger partial charge in [0.05, 0.1) is 0 Å². The van der Waals surface area contributed by atoms with E-state index in [0.717, 1.165) is 13.1 Å². The van der Waals surface area contributed by atoms with Gasteiger partial charge in [0.25, 0.3) is 0 Å². The first-order valence-electron chi connectivity index (χ1n) is 7.68. The van der Waals surface area contributed by atoms with Crippen LogP contribution in [0.2, 0.25) is 0 Å². The molecule has 3 rings (SSSR count). The van der Waals surface area contributed by atoms with Crippen molar-refractivity contribution in [3.8, 4) is 0 Å². The number of likely N-dealkylation sites (tertiary alicyclic amines) is 1. The fraction of sp³-hybridized carbons (Fsp3) is 0.444. The SMILES string of the molecule is CC(N)C1CCCN(Cc2cccc3ccccc23)C1. The zero-order valence-electron chi connectivity index (χ0n) is 12.3. The van der Waals surface area contributed by atoms with Crippen molar-refractivity contribution in [3.63, 3.8) is 0 Å². The van der Waals surface area contributed by atoms with Crippen LogP contribution in [0.1, 0.15) is 25.3 Å². The molecule has 2 aromatic carbocycles. The Morgan fingerprint density at radius 3 is 2.85 bits per heavy atom. The van der Waals surface area contributed by atoms with Crippen LogP contribution in [0.3, 0.4) is 0 Å². The van der Waals surface area contributed by atoms with Crippen LogP contribution < -0.4 is 5.73 Å². The van der Waals surface area contributed by atoms with Crippen LogP contribution in [0.4, 0.5) is 0 Å². The van der Waals surface area contributed by atoms with Gasteiger partial charge >= 0.3 is 0 Å². The lowest BCUT2D eigenvalue weighted by Crippen LogP contribution is -2.41. The van der Waals surface area contributed by atoms with E-state index in [0.29, 0.717) is 12.0 Å². The standard InChI is InChI=1S/C18H24N2/c1-14(19)16-9-5-11-20(12-16)13-17-8-4-7-15-6-2-3-10-18(15)17/h2-4,6-8,10,14,16H,5,9,11-13,19H2,1H3. The van der Waals surface area contributed by atoms with Crippen molar-refractivity contribution in [2.75, 3.05) is 13.1 Å². The summed E-state index contributed by atoms with van der Waals surface area (Å²) in [7, 11) is 0. The number of piperidine rings is 1. The molecule has 106 valence electrons. The van der Waals surface area contributed by atoms with Crippen molar-refractivity contribution < 1.29 is 0 Å². The third kappa shape index (κ3) is 2.87. The Kier molecular flexibility index (Phi) is 4.04. The first-order chi connectivity index (χ1) is 9.74. The molecule has 2 atom stereocenters. The maximum Gasteiger partial charge on any atom is 0.0240 e. The summed E-state index contributed by atoms with van der Waals surface area (Å²) in [5.41, 5.74) is 7.52. The van der Waals surface area contributed by atoms with Crippen LogP contribution >= 0.6 is 0 Å². The van der Waals surface area contributed by atoms with E-state index in [4.69, 9.17) is 5.73 Å². The fourth-order valence-electron chi connectivity index (χ4n) is 3.34. The summed E-state index contributed by atoms with van der Waals surface area (Å²) >= 11 is 0. The van der Waals surface area contributed by atoms with Crippen LogP contribution in [-0.2, 0) is 6.54 Å². The van der Waals surface area contributed by atoms with Crippen LogP contribution in [0, 0.1) is 5.92 Å². The predicted octanol–water partition coefficient (Wildman–Crippen LogP) is 3.40. The van der Waals surface area contributed by atoms with Gasteiger partial charge in [0.1, 0.15) is 0 Å². The van der Waals surface area contributed by atoms with E-state index in [2.05, 4.69) is 54.3 Å². The Bertz CT molecular complexity index is 571. The van der Waals surface area contributed by atoms with Crippen molar-refractivity contribution in [2.45, 2.75) is 32.4 Å². The average Bonchev–Trinajstić information content (AvgIpc) is 2.48. The number of rotatable bonds is 3. The molecule has 0 radical (unpaired) electrons. The van der Waals surface area contributed by atoms with Crippen molar-refractivity contribution >= 4 is 10.8 Å². The fourth-order valence-corrected chi connectivity index (χ4v) is 3.34. The Morgan fingerprint density at radius 1 is 1.20 bits per heavy atom. The van der Waals surface area contributed by atoms with Gasteiger partial charge in [0.15, 0.2) is 0 Å². The summed E-state index contributed by atoms with van der Waals surface area (Å²) in [6.07, 6.45) is 2.56. The summed E-state index contributed by atoms with van der Waals surface area (Å²) in [6, 6.07) is 15.6. The molecule has 0 saturated carbocycles. The van der Waals surface area contributed by atoms with Gasteiger partial charge in [-0.15, -0.1) is 0 Å². The van der Waals surface area contributed by atoms with Crippen LogP contribution in [-0.4, -0.2) is 24.0 Å². The van der Waals surface area contributed by atoms with Gasteiger partial charge in [0, 0.05) is 19.1 Å². The van der Waals surface area contributed by atoms with E-state index in [-0.39, 0.29) is 0 Å².